The molecule has 1 aromatic carbocycles. The lowest BCUT2D eigenvalue weighted by Gasteiger charge is -2.28. The summed E-state index contributed by atoms with van der Waals surface area (Å²) < 4.78 is 11.5. The number of amidine groups is 1. The Morgan fingerprint density at radius 2 is 1.90 bits per heavy atom. The van der Waals surface area contributed by atoms with E-state index in [-0.39, 0.29) is 12.4 Å². The molecule has 1 aromatic rings. The molecule has 0 aromatic heterocycles. The van der Waals surface area contributed by atoms with Crippen LogP contribution < -0.4 is 5.32 Å². The van der Waals surface area contributed by atoms with Gasteiger partial charge in [-0.15, -0.1) is 4.99 Å². The molecule has 0 bridgehead atoms. The van der Waals surface area contributed by atoms with Crippen molar-refractivity contribution in [2.45, 2.75) is 13.8 Å². The molecule has 1 atom stereocenters. The summed E-state index contributed by atoms with van der Waals surface area (Å²) in [6, 6.07) is 5.44. The van der Waals surface area contributed by atoms with Crippen LogP contribution in [0.2, 0.25) is 0 Å². The first-order valence-electron chi connectivity index (χ1n) is 9.60. The Morgan fingerprint density at radius 3 is 2.52 bits per heavy atom. The number of benzene rings is 1. The smallest absolute Gasteiger partial charge is 0.446 e. The molecule has 0 saturated carbocycles. The number of ether oxygens (including phenoxy) is 2. The van der Waals surface area contributed by atoms with Crippen molar-refractivity contribution in [2.75, 3.05) is 32.6 Å². The molecule has 4 amide bonds. The van der Waals surface area contributed by atoms with Gasteiger partial charge in [-0.2, -0.15) is 9.48 Å². The molecule has 31 heavy (non-hydrogen) atoms. The first kappa shape index (κ1) is 21.9. The van der Waals surface area contributed by atoms with Crippen molar-refractivity contribution in [3.8, 4) is 0 Å². The highest BCUT2D eigenvalue weighted by Gasteiger charge is 2.50. The van der Waals surface area contributed by atoms with Gasteiger partial charge in [0.1, 0.15) is 12.0 Å². The number of amides is 4. The average molecular weight is 427 g/mol. The number of hydrogen-bond acceptors (Lipinski definition) is 7. The summed E-state index contributed by atoms with van der Waals surface area (Å²) in [6.45, 7) is 3.24. The topological polar surface area (TPSA) is 117 Å². The van der Waals surface area contributed by atoms with E-state index in [1.807, 2.05) is 0 Å². The summed E-state index contributed by atoms with van der Waals surface area (Å²) in [6.07, 6.45) is 1.53. The third-order valence-electron chi connectivity index (χ3n) is 4.88. The molecule has 3 rings (SSSR count). The number of esters is 1. The van der Waals surface area contributed by atoms with Gasteiger partial charge in [-0.25, -0.2) is 9.59 Å². The van der Waals surface area contributed by atoms with Crippen molar-refractivity contribution in [2.24, 2.45) is 10.9 Å². The summed E-state index contributed by atoms with van der Waals surface area (Å²) in [7, 11) is 2.93. The van der Waals surface area contributed by atoms with E-state index >= 15 is 0 Å². The van der Waals surface area contributed by atoms with E-state index < -0.39 is 36.3 Å². The van der Waals surface area contributed by atoms with Crippen molar-refractivity contribution >= 4 is 41.6 Å². The highest BCUT2D eigenvalue weighted by atomic mass is 16.5. The molecule has 0 spiro atoms. The van der Waals surface area contributed by atoms with Crippen molar-refractivity contribution in [1.29, 1.82) is 0 Å². The van der Waals surface area contributed by atoms with Crippen molar-refractivity contribution in [3.63, 3.8) is 0 Å². The second-order valence-corrected chi connectivity index (χ2v) is 6.91. The monoisotopic (exact) mass is 427 g/mol. The molecular weight excluding hydrogens is 404 g/mol. The van der Waals surface area contributed by atoms with Crippen molar-refractivity contribution in [1.82, 2.24) is 4.90 Å². The average Bonchev–Trinajstić information content (AvgIpc) is 2.75. The molecule has 1 N–H and O–H groups in total. The Labute approximate surface area is 178 Å². The Kier molecular flexibility index (Phi) is 6.28. The number of allylic oxidation sites excluding steroid dienone is 1. The number of imide groups is 1. The fourth-order valence-corrected chi connectivity index (χ4v) is 3.35. The van der Waals surface area contributed by atoms with Gasteiger partial charge in [0.2, 0.25) is 0 Å². The summed E-state index contributed by atoms with van der Waals surface area (Å²) in [5.74, 6) is -1.87. The second-order valence-electron chi connectivity index (χ2n) is 6.91. The fourth-order valence-electron chi connectivity index (χ4n) is 3.35. The quantitative estimate of drug-likeness (QED) is 0.542. The van der Waals surface area contributed by atoms with Crippen molar-refractivity contribution in [3.05, 3.63) is 41.2 Å². The number of dihydropyridines is 1. The number of rotatable bonds is 6. The standard InChI is InChI=1S/C21H22N4O6/c1-5-31-20(28)13-6-8-14(9-7-13)23-15(26)11-25-19(27)16-17(30-4)12(2)10-22-18(16)24(3)21(25)29/h6-10,16H,5,11H2,1-4H3/p+1. The summed E-state index contributed by atoms with van der Waals surface area (Å²) >= 11 is 0. The maximum absolute atomic E-state index is 13.0. The van der Waals surface area contributed by atoms with Gasteiger partial charge in [-0.1, -0.05) is 0 Å². The van der Waals surface area contributed by atoms with E-state index in [1.165, 1.54) is 49.2 Å². The third-order valence-corrected chi connectivity index (χ3v) is 4.88. The minimum atomic E-state index is -0.894. The highest BCUT2D eigenvalue weighted by Crippen LogP contribution is 2.27. The van der Waals surface area contributed by atoms with Crippen LogP contribution in [0, 0.1) is 5.92 Å². The lowest BCUT2D eigenvalue weighted by Crippen LogP contribution is -2.56. The molecule has 1 unspecified atom stereocenters. The van der Waals surface area contributed by atoms with Crippen LogP contribution in [0.25, 0.3) is 0 Å². The number of carbonyl (C=O) groups is 4. The zero-order chi connectivity index (χ0) is 22.7. The van der Waals surface area contributed by atoms with E-state index in [0.717, 1.165) is 4.90 Å². The predicted octanol–water partition coefficient (Wildman–Crippen LogP) is 1.43. The molecule has 2 aliphatic rings. The predicted molar refractivity (Wildman–Crippen MR) is 111 cm³/mol. The molecule has 2 aliphatic heterocycles. The molecule has 0 radical (unpaired) electrons. The number of hydrogen-bond donors (Lipinski definition) is 1. The van der Waals surface area contributed by atoms with Crippen LogP contribution in [-0.2, 0) is 19.1 Å². The number of methoxy groups -OCH3 is 1. The molecule has 0 fully saturated rings. The van der Waals surface area contributed by atoms with Crippen LogP contribution >= 0.6 is 0 Å². The second kappa shape index (κ2) is 8.90. The largest absolute Gasteiger partial charge is 0.499 e. The van der Waals surface area contributed by atoms with Crippen LogP contribution in [0.15, 0.2) is 40.6 Å². The van der Waals surface area contributed by atoms with Gasteiger partial charge < -0.3 is 14.8 Å². The Balaban J connectivity index is 1.75. The first-order valence-corrected chi connectivity index (χ1v) is 9.60. The molecule has 0 saturated heterocycles. The molecule has 162 valence electrons. The lowest BCUT2D eigenvalue weighted by atomic mass is 9.96. The molecule has 2 heterocycles. The summed E-state index contributed by atoms with van der Waals surface area (Å²) in [5.41, 5.74) is 1.42. The number of nitrogens with one attached hydrogen (secondary N) is 1. The van der Waals surface area contributed by atoms with E-state index in [0.29, 0.717) is 22.6 Å². The Morgan fingerprint density at radius 1 is 1.23 bits per heavy atom. The normalized spacial score (nSPS) is 18.2. The van der Waals surface area contributed by atoms with E-state index in [1.54, 1.807) is 13.8 Å². The van der Waals surface area contributed by atoms with E-state index in [9.17, 15) is 19.2 Å². The maximum Gasteiger partial charge on any atom is 0.446 e. The van der Waals surface area contributed by atoms with Gasteiger partial charge in [0.05, 0.1) is 26.3 Å². The van der Waals surface area contributed by atoms with Gasteiger partial charge in [0, 0.05) is 11.3 Å². The van der Waals surface area contributed by atoms with E-state index in [4.69, 9.17) is 9.47 Å². The van der Waals surface area contributed by atoms with Crippen LogP contribution in [0.3, 0.4) is 0 Å². The Bertz CT molecular complexity index is 1040. The van der Waals surface area contributed by atoms with Crippen LogP contribution in [0.4, 0.5) is 10.5 Å². The molecular formula is C21H23N4O6+. The molecule has 10 heteroatoms. The van der Waals surface area contributed by atoms with E-state index in [2.05, 4.69) is 10.3 Å². The molecule has 10 nitrogen and oxygen atoms in total. The number of nitrogens with zero attached hydrogens (tertiary/aromatic N) is 3. The Hall–Kier alpha value is -3.82. The molecule has 0 aliphatic carbocycles. The minimum absolute atomic E-state index is 0.253. The fraction of sp³-hybridized carbons (Fsp3) is 0.333. The highest BCUT2D eigenvalue weighted by molar-refractivity contribution is 6.17. The van der Waals surface area contributed by atoms with Gasteiger partial charge in [-0.05, 0) is 38.1 Å². The number of aliphatic imine (C=N–C) groups is 1. The maximum atomic E-state index is 13.0. The van der Waals surface area contributed by atoms with Gasteiger partial charge in [-0.3, -0.25) is 9.59 Å². The van der Waals surface area contributed by atoms with Crippen LogP contribution in [0.5, 0.6) is 0 Å². The zero-order valence-corrected chi connectivity index (χ0v) is 17.7. The third kappa shape index (κ3) is 4.23. The number of carbonyl (C=O) groups excluding carboxylic acids is 4. The number of anilines is 1. The van der Waals surface area contributed by atoms with Gasteiger partial charge >= 0.3 is 17.9 Å². The van der Waals surface area contributed by atoms with Crippen LogP contribution in [-0.4, -0.2) is 72.6 Å². The minimum Gasteiger partial charge on any atom is -0.499 e. The first-order chi connectivity index (χ1) is 14.8. The SMILES string of the molecule is CCOC(=O)c1ccc(NC(=O)CN2C(=O)C3C(OC)=C(C)C=NC3=[N+](C)C2=O)cc1. The zero-order valence-electron chi connectivity index (χ0n) is 17.7. The van der Waals surface area contributed by atoms with Gasteiger partial charge in [0.25, 0.3) is 11.7 Å². The number of urea groups is 1. The number of fused-ring (bicyclic) bond motifs is 1. The lowest BCUT2D eigenvalue weighted by molar-refractivity contribution is -0.408. The van der Waals surface area contributed by atoms with Crippen LogP contribution in [0.1, 0.15) is 24.2 Å². The van der Waals surface area contributed by atoms with Crippen molar-refractivity contribution < 1.29 is 33.2 Å². The summed E-state index contributed by atoms with van der Waals surface area (Å²) in [5, 5.41) is 2.61. The van der Waals surface area contributed by atoms with Gasteiger partial charge in [0.15, 0.2) is 12.5 Å². The summed E-state index contributed by atoms with van der Waals surface area (Å²) in [4.78, 5) is 55.0.